The van der Waals surface area contributed by atoms with Crippen molar-refractivity contribution in [1.29, 1.82) is 0 Å². The maximum absolute atomic E-state index is 5.95. The molecule has 0 amide bonds. The Morgan fingerprint density at radius 2 is 2.15 bits per heavy atom. The topological polar surface area (TPSA) is 43.4 Å². The summed E-state index contributed by atoms with van der Waals surface area (Å²) in [5, 5.41) is 4.26. The highest BCUT2D eigenvalue weighted by Gasteiger charge is 2.17. The van der Waals surface area contributed by atoms with Gasteiger partial charge in [-0.2, -0.15) is 0 Å². The zero-order valence-corrected chi connectivity index (χ0v) is 11.9. The van der Waals surface area contributed by atoms with Gasteiger partial charge in [-0.3, -0.25) is 4.98 Å². The van der Waals surface area contributed by atoms with Gasteiger partial charge in [-0.1, -0.05) is 0 Å². The van der Waals surface area contributed by atoms with Gasteiger partial charge in [0.2, 0.25) is 0 Å². The van der Waals surface area contributed by atoms with E-state index in [0.29, 0.717) is 5.92 Å². The minimum absolute atomic E-state index is 0.162. The molecule has 1 aromatic heterocycles. The molecule has 3 rings (SSSR count). The van der Waals surface area contributed by atoms with Crippen molar-refractivity contribution in [2.75, 3.05) is 19.7 Å². The molecule has 1 saturated heterocycles. The van der Waals surface area contributed by atoms with Gasteiger partial charge in [0, 0.05) is 30.6 Å². The van der Waals surface area contributed by atoms with Crippen LogP contribution in [0.5, 0.6) is 11.5 Å². The van der Waals surface area contributed by atoms with Crippen molar-refractivity contribution < 1.29 is 9.47 Å². The standard InChI is InChI=1S/C16H20N2O2/c1-11(2)20-13-3-4-15-14(7-13)16(5-6-18-15)19-10-12-8-17-9-12/h3-7,11-12,17H,8-10H2,1-2H3. The highest BCUT2D eigenvalue weighted by atomic mass is 16.5. The molecule has 1 aliphatic heterocycles. The van der Waals surface area contributed by atoms with Gasteiger partial charge in [0.05, 0.1) is 18.2 Å². The van der Waals surface area contributed by atoms with E-state index in [-0.39, 0.29) is 6.10 Å². The minimum atomic E-state index is 0.162. The predicted octanol–water partition coefficient (Wildman–Crippen LogP) is 2.62. The first-order valence-electron chi connectivity index (χ1n) is 7.11. The molecule has 1 fully saturated rings. The van der Waals surface area contributed by atoms with E-state index in [4.69, 9.17) is 9.47 Å². The molecule has 0 atom stereocenters. The molecule has 0 bridgehead atoms. The van der Waals surface area contributed by atoms with Crippen LogP contribution in [0.15, 0.2) is 30.5 Å². The molecule has 0 saturated carbocycles. The number of rotatable bonds is 5. The van der Waals surface area contributed by atoms with E-state index in [2.05, 4.69) is 10.3 Å². The molecule has 2 heterocycles. The fraction of sp³-hybridized carbons (Fsp3) is 0.438. The zero-order valence-electron chi connectivity index (χ0n) is 11.9. The summed E-state index contributed by atoms with van der Waals surface area (Å²) in [4.78, 5) is 4.38. The largest absolute Gasteiger partial charge is 0.492 e. The molecular formula is C16H20N2O2. The Morgan fingerprint density at radius 1 is 1.30 bits per heavy atom. The van der Waals surface area contributed by atoms with Gasteiger partial charge < -0.3 is 14.8 Å². The van der Waals surface area contributed by atoms with Crippen LogP contribution in [-0.2, 0) is 0 Å². The Labute approximate surface area is 119 Å². The summed E-state index contributed by atoms with van der Waals surface area (Å²) in [5.74, 6) is 2.36. The Kier molecular flexibility index (Phi) is 3.74. The van der Waals surface area contributed by atoms with Crippen molar-refractivity contribution in [3.05, 3.63) is 30.5 Å². The summed E-state index contributed by atoms with van der Waals surface area (Å²) in [7, 11) is 0. The number of fused-ring (bicyclic) bond motifs is 1. The van der Waals surface area contributed by atoms with Crippen molar-refractivity contribution in [1.82, 2.24) is 10.3 Å². The zero-order chi connectivity index (χ0) is 13.9. The first-order chi connectivity index (χ1) is 9.72. The smallest absolute Gasteiger partial charge is 0.130 e. The van der Waals surface area contributed by atoms with Crippen LogP contribution < -0.4 is 14.8 Å². The average Bonchev–Trinajstić information content (AvgIpc) is 2.36. The molecule has 4 nitrogen and oxygen atoms in total. The van der Waals surface area contributed by atoms with E-state index in [9.17, 15) is 0 Å². The quantitative estimate of drug-likeness (QED) is 0.908. The normalized spacial score (nSPS) is 15.3. The van der Waals surface area contributed by atoms with E-state index >= 15 is 0 Å². The van der Waals surface area contributed by atoms with Gasteiger partial charge in [-0.15, -0.1) is 0 Å². The van der Waals surface area contributed by atoms with Crippen molar-refractivity contribution in [2.45, 2.75) is 20.0 Å². The van der Waals surface area contributed by atoms with Crippen LogP contribution in [0.1, 0.15) is 13.8 Å². The van der Waals surface area contributed by atoms with Crippen molar-refractivity contribution >= 4 is 10.9 Å². The highest BCUT2D eigenvalue weighted by molar-refractivity contribution is 5.86. The summed E-state index contributed by atoms with van der Waals surface area (Å²) in [6.07, 6.45) is 1.95. The lowest BCUT2D eigenvalue weighted by molar-refractivity contribution is 0.200. The summed E-state index contributed by atoms with van der Waals surface area (Å²) < 4.78 is 11.7. The fourth-order valence-corrected chi connectivity index (χ4v) is 2.25. The third-order valence-corrected chi connectivity index (χ3v) is 3.39. The summed E-state index contributed by atoms with van der Waals surface area (Å²) in [5.41, 5.74) is 0.936. The van der Waals surface area contributed by atoms with Crippen molar-refractivity contribution in [2.24, 2.45) is 5.92 Å². The Morgan fingerprint density at radius 3 is 2.85 bits per heavy atom. The Hall–Kier alpha value is -1.81. The van der Waals surface area contributed by atoms with E-state index in [1.165, 1.54) is 0 Å². The third kappa shape index (κ3) is 2.85. The van der Waals surface area contributed by atoms with E-state index in [0.717, 1.165) is 42.1 Å². The Bertz CT molecular complexity index is 594. The number of aromatic nitrogens is 1. The molecule has 1 aromatic carbocycles. The van der Waals surface area contributed by atoms with Gasteiger partial charge in [0.1, 0.15) is 11.5 Å². The minimum Gasteiger partial charge on any atom is -0.492 e. The van der Waals surface area contributed by atoms with Gasteiger partial charge in [-0.25, -0.2) is 0 Å². The molecule has 0 spiro atoms. The fourth-order valence-electron chi connectivity index (χ4n) is 2.25. The summed E-state index contributed by atoms with van der Waals surface area (Å²) >= 11 is 0. The number of ether oxygens (including phenoxy) is 2. The highest BCUT2D eigenvalue weighted by Crippen LogP contribution is 2.28. The van der Waals surface area contributed by atoms with Crippen LogP contribution in [0, 0.1) is 5.92 Å². The number of nitrogens with zero attached hydrogens (tertiary/aromatic N) is 1. The maximum Gasteiger partial charge on any atom is 0.130 e. The second-order valence-electron chi connectivity index (χ2n) is 5.49. The summed E-state index contributed by atoms with van der Waals surface area (Å²) in [6, 6.07) is 7.87. The van der Waals surface area contributed by atoms with Crippen LogP contribution in [0.3, 0.4) is 0 Å². The number of pyridine rings is 1. The molecule has 0 radical (unpaired) electrons. The second kappa shape index (κ2) is 5.67. The first kappa shape index (κ1) is 13.2. The van der Waals surface area contributed by atoms with Gasteiger partial charge in [-0.05, 0) is 38.1 Å². The lowest BCUT2D eigenvalue weighted by Crippen LogP contribution is -2.45. The number of hydrogen-bond donors (Lipinski definition) is 1. The first-order valence-corrected chi connectivity index (χ1v) is 7.11. The lowest BCUT2D eigenvalue weighted by Gasteiger charge is -2.27. The second-order valence-corrected chi connectivity index (χ2v) is 5.49. The number of hydrogen-bond acceptors (Lipinski definition) is 4. The number of nitrogens with one attached hydrogen (secondary N) is 1. The molecule has 0 aliphatic carbocycles. The number of benzene rings is 1. The Balaban J connectivity index is 1.85. The van der Waals surface area contributed by atoms with Crippen LogP contribution in [0.25, 0.3) is 10.9 Å². The van der Waals surface area contributed by atoms with Crippen LogP contribution >= 0.6 is 0 Å². The van der Waals surface area contributed by atoms with Crippen LogP contribution in [0.2, 0.25) is 0 Å². The van der Waals surface area contributed by atoms with E-state index in [1.54, 1.807) is 6.20 Å². The SMILES string of the molecule is CC(C)Oc1ccc2nccc(OCC3CNC3)c2c1. The third-order valence-electron chi connectivity index (χ3n) is 3.39. The van der Waals surface area contributed by atoms with Gasteiger partial charge >= 0.3 is 0 Å². The van der Waals surface area contributed by atoms with E-state index in [1.807, 2.05) is 38.1 Å². The van der Waals surface area contributed by atoms with Crippen molar-refractivity contribution in [3.63, 3.8) is 0 Å². The average molecular weight is 272 g/mol. The molecule has 20 heavy (non-hydrogen) atoms. The molecule has 2 aromatic rings. The van der Waals surface area contributed by atoms with Gasteiger partial charge in [0.25, 0.3) is 0 Å². The van der Waals surface area contributed by atoms with Crippen LogP contribution in [0.4, 0.5) is 0 Å². The predicted molar refractivity (Wildman–Crippen MR) is 79.4 cm³/mol. The summed E-state index contributed by atoms with van der Waals surface area (Å²) in [6.45, 7) is 6.89. The van der Waals surface area contributed by atoms with E-state index < -0.39 is 0 Å². The molecule has 1 aliphatic rings. The monoisotopic (exact) mass is 272 g/mol. The molecule has 1 N–H and O–H groups in total. The van der Waals surface area contributed by atoms with Crippen LogP contribution in [-0.4, -0.2) is 30.8 Å². The van der Waals surface area contributed by atoms with Gasteiger partial charge in [0.15, 0.2) is 0 Å². The molecule has 0 unspecified atom stereocenters. The maximum atomic E-state index is 5.95. The van der Waals surface area contributed by atoms with Crippen molar-refractivity contribution in [3.8, 4) is 11.5 Å². The molecule has 4 heteroatoms. The molecular weight excluding hydrogens is 252 g/mol. The lowest BCUT2D eigenvalue weighted by atomic mass is 10.1. The molecule has 106 valence electrons.